The number of nitrogens with zero attached hydrogens (tertiary/aromatic N) is 2. The van der Waals surface area contributed by atoms with Crippen LogP contribution in [0.2, 0.25) is 15.2 Å². The predicted molar refractivity (Wildman–Crippen MR) is 82.3 cm³/mol. The Morgan fingerprint density at radius 1 is 1.11 bits per heavy atom. The highest BCUT2D eigenvalue weighted by molar-refractivity contribution is 7.22. The Bertz CT molecular complexity index is 762. The second-order valence-corrected chi connectivity index (χ2v) is 6.00. The Morgan fingerprint density at radius 2 is 1.79 bits per heavy atom. The molecule has 1 aromatic carbocycles. The van der Waals surface area contributed by atoms with Gasteiger partial charge in [0, 0.05) is 17.4 Å². The van der Waals surface area contributed by atoms with Gasteiger partial charge in [-0.1, -0.05) is 34.8 Å². The number of hydrogen-bond acceptors (Lipinski definition) is 4. The number of fused-ring (bicyclic) bond motifs is 1. The van der Waals surface area contributed by atoms with Crippen molar-refractivity contribution in [2.75, 3.05) is 5.73 Å². The maximum absolute atomic E-state index is 6.19. The Labute approximate surface area is 127 Å². The maximum atomic E-state index is 6.19. The molecule has 0 aliphatic carbocycles. The zero-order chi connectivity index (χ0) is 13.6. The third kappa shape index (κ3) is 2.25. The summed E-state index contributed by atoms with van der Waals surface area (Å²) in [5.74, 6) is 0. The molecule has 2 heterocycles. The van der Waals surface area contributed by atoms with Crippen LogP contribution in [0, 0.1) is 0 Å². The topological polar surface area (TPSA) is 51.8 Å². The molecule has 0 aliphatic rings. The van der Waals surface area contributed by atoms with Crippen molar-refractivity contribution in [3.63, 3.8) is 0 Å². The molecule has 2 aromatic heterocycles. The van der Waals surface area contributed by atoms with Gasteiger partial charge in [0.05, 0.1) is 20.3 Å². The molecule has 3 aromatic rings. The second-order valence-electron chi connectivity index (χ2n) is 3.83. The molecule has 19 heavy (non-hydrogen) atoms. The van der Waals surface area contributed by atoms with Crippen LogP contribution in [0.5, 0.6) is 0 Å². The van der Waals surface area contributed by atoms with E-state index in [9.17, 15) is 0 Å². The summed E-state index contributed by atoms with van der Waals surface area (Å²) >= 11 is 19.8. The van der Waals surface area contributed by atoms with Crippen molar-refractivity contribution < 1.29 is 0 Å². The first-order valence-corrected chi connectivity index (χ1v) is 7.17. The number of rotatable bonds is 1. The minimum atomic E-state index is 0.420. The fourth-order valence-corrected chi connectivity index (χ4v) is 3.81. The van der Waals surface area contributed by atoms with E-state index >= 15 is 0 Å². The van der Waals surface area contributed by atoms with Gasteiger partial charge in [-0.25, -0.2) is 9.97 Å². The SMILES string of the molecule is Nc1cc(Cl)c(-c2nc3ccnc(Cl)c3s2)c(Cl)c1. The van der Waals surface area contributed by atoms with Crippen LogP contribution < -0.4 is 5.73 Å². The minimum Gasteiger partial charge on any atom is -0.399 e. The van der Waals surface area contributed by atoms with E-state index in [0.717, 1.165) is 10.2 Å². The van der Waals surface area contributed by atoms with E-state index in [2.05, 4.69) is 9.97 Å². The fraction of sp³-hybridized carbons (Fsp3) is 0. The van der Waals surface area contributed by atoms with Crippen molar-refractivity contribution >= 4 is 62.0 Å². The summed E-state index contributed by atoms with van der Waals surface area (Å²) in [5, 5.41) is 2.05. The lowest BCUT2D eigenvalue weighted by Crippen LogP contribution is -1.87. The van der Waals surface area contributed by atoms with Crippen LogP contribution in [0.1, 0.15) is 0 Å². The average molecular weight is 331 g/mol. The van der Waals surface area contributed by atoms with Gasteiger partial charge >= 0.3 is 0 Å². The van der Waals surface area contributed by atoms with Crippen molar-refractivity contribution in [2.45, 2.75) is 0 Å². The summed E-state index contributed by atoms with van der Waals surface area (Å²) < 4.78 is 0.808. The first-order valence-electron chi connectivity index (χ1n) is 5.22. The number of nitrogens with two attached hydrogens (primary N) is 1. The standard InChI is InChI=1S/C12H6Cl3N3S/c13-6-3-5(16)4-7(14)9(6)12-18-8-1-2-17-11(15)10(8)19-12/h1-4H,16H2. The van der Waals surface area contributed by atoms with Crippen molar-refractivity contribution in [1.29, 1.82) is 0 Å². The number of hydrogen-bond donors (Lipinski definition) is 1. The Morgan fingerprint density at radius 3 is 2.42 bits per heavy atom. The number of nitrogen functional groups attached to an aromatic ring is 1. The zero-order valence-corrected chi connectivity index (χ0v) is 12.4. The highest BCUT2D eigenvalue weighted by Gasteiger charge is 2.15. The van der Waals surface area contributed by atoms with Crippen LogP contribution in [-0.4, -0.2) is 9.97 Å². The third-order valence-corrected chi connectivity index (χ3v) is 4.63. The molecule has 7 heteroatoms. The molecule has 0 amide bonds. The number of halogens is 3. The summed E-state index contributed by atoms with van der Waals surface area (Å²) in [6.45, 7) is 0. The lowest BCUT2D eigenvalue weighted by atomic mass is 10.2. The fourth-order valence-electron chi connectivity index (χ4n) is 1.73. The van der Waals surface area contributed by atoms with Gasteiger partial charge in [-0.15, -0.1) is 11.3 Å². The Hall–Kier alpha value is -1.07. The highest BCUT2D eigenvalue weighted by Crippen LogP contribution is 2.41. The van der Waals surface area contributed by atoms with E-state index in [1.54, 1.807) is 24.4 Å². The molecular weight excluding hydrogens is 325 g/mol. The highest BCUT2D eigenvalue weighted by atomic mass is 35.5. The van der Waals surface area contributed by atoms with E-state index in [4.69, 9.17) is 40.5 Å². The maximum Gasteiger partial charge on any atom is 0.148 e. The van der Waals surface area contributed by atoms with Crippen LogP contribution in [0.3, 0.4) is 0 Å². The van der Waals surface area contributed by atoms with Crippen LogP contribution in [0.15, 0.2) is 24.4 Å². The van der Waals surface area contributed by atoms with E-state index in [1.165, 1.54) is 11.3 Å². The van der Waals surface area contributed by atoms with Gasteiger partial charge in [0.1, 0.15) is 10.2 Å². The second kappa shape index (κ2) is 4.80. The lowest BCUT2D eigenvalue weighted by Gasteiger charge is -2.04. The van der Waals surface area contributed by atoms with Crippen molar-refractivity contribution in [2.24, 2.45) is 0 Å². The molecule has 0 fully saturated rings. The number of benzene rings is 1. The van der Waals surface area contributed by atoms with E-state index < -0.39 is 0 Å². The van der Waals surface area contributed by atoms with Crippen molar-refractivity contribution in [1.82, 2.24) is 9.97 Å². The van der Waals surface area contributed by atoms with E-state index in [-0.39, 0.29) is 0 Å². The van der Waals surface area contributed by atoms with Gasteiger partial charge in [-0.05, 0) is 18.2 Å². The van der Waals surface area contributed by atoms with Crippen LogP contribution >= 0.6 is 46.1 Å². The van der Waals surface area contributed by atoms with Gasteiger partial charge in [0.25, 0.3) is 0 Å². The van der Waals surface area contributed by atoms with Gasteiger partial charge in [0.2, 0.25) is 0 Å². The molecule has 2 N–H and O–H groups in total. The molecule has 96 valence electrons. The molecule has 0 atom stereocenters. The Balaban J connectivity index is 2.28. The molecular formula is C12H6Cl3N3S. The number of aromatic nitrogens is 2. The predicted octanol–water partition coefficient (Wildman–Crippen LogP) is 4.90. The molecule has 0 unspecified atom stereocenters. The Kier molecular flexibility index (Phi) is 3.27. The first kappa shape index (κ1) is 12.9. The van der Waals surface area contributed by atoms with Crippen LogP contribution in [-0.2, 0) is 0 Å². The van der Waals surface area contributed by atoms with Crippen LogP contribution in [0.25, 0.3) is 20.8 Å². The van der Waals surface area contributed by atoms with Gasteiger partial charge in [-0.3, -0.25) is 0 Å². The summed E-state index contributed by atoms with van der Waals surface area (Å²) in [6.07, 6.45) is 1.61. The summed E-state index contributed by atoms with van der Waals surface area (Å²) in [7, 11) is 0. The van der Waals surface area contributed by atoms with E-state index in [1.807, 2.05) is 0 Å². The molecule has 0 saturated carbocycles. The lowest BCUT2D eigenvalue weighted by molar-refractivity contribution is 1.35. The zero-order valence-electron chi connectivity index (χ0n) is 9.32. The average Bonchev–Trinajstić information content (AvgIpc) is 2.72. The number of pyridine rings is 1. The molecule has 3 rings (SSSR count). The van der Waals surface area contributed by atoms with Gasteiger partial charge < -0.3 is 5.73 Å². The number of anilines is 1. The first-order chi connectivity index (χ1) is 9.06. The number of thiazole rings is 1. The monoisotopic (exact) mass is 329 g/mol. The van der Waals surface area contributed by atoms with Crippen molar-refractivity contribution in [3.05, 3.63) is 39.6 Å². The molecule has 0 aliphatic heterocycles. The summed E-state index contributed by atoms with van der Waals surface area (Å²) in [5.41, 5.74) is 7.63. The largest absolute Gasteiger partial charge is 0.399 e. The summed E-state index contributed by atoms with van der Waals surface area (Å²) in [4.78, 5) is 8.50. The normalized spacial score (nSPS) is 11.1. The van der Waals surface area contributed by atoms with Gasteiger partial charge in [-0.2, -0.15) is 0 Å². The molecule has 3 nitrogen and oxygen atoms in total. The minimum absolute atomic E-state index is 0.420. The smallest absolute Gasteiger partial charge is 0.148 e. The summed E-state index contributed by atoms with van der Waals surface area (Å²) in [6, 6.07) is 5.09. The molecule has 0 radical (unpaired) electrons. The van der Waals surface area contributed by atoms with Gasteiger partial charge in [0.15, 0.2) is 0 Å². The van der Waals surface area contributed by atoms with Crippen LogP contribution in [0.4, 0.5) is 5.69 Å². The third-order valence-electron chi connectivity index (χ3n) is 2.54. The quantitative estimate of drug-likeness (QED) is 0.510. The molecule has 0 saturated heterocycles. The van der Waals surface area contributed by atoms with E-state index in [0.29, 0.717) is 31.5 Å². The molecule has 0 spiro atoms. The van der Waals surface area contributed by atoms with Crippen molar-refractivity contribution in [3.8, 4) is 10.6 Å². The molecule has 0 bridgehead atoms.